The zero-order valence-corrected chi connectivity index (χ0v) is 15.5. The summed E-state index contributed by atoms with van der Waals surface area (Å²) in [7, 11) is 0. The number of benzene rings is 1. The number of halogens is 1. The Balaban J connectivity index is 1.37. The SMILES string of the molecule is Brc1ccc2c(NC3CCN(CC4CCOC4)CC3)ccnc2c1. The minimum absolute atomic E-state index is 0.551. The maximum atomic E-state index is 5.50. The molecule has 0 spiro atoms. The molecule has 1 atom stereocenters. The van der Waals surface area contributed by atoms with Gasteiger partial charge >= 0.3 is 0 Å². The van der Waals surface area contributed by atoms with Crippen LogP contribution in [0.3, 0.4) is 0 Å². The number of ether oxygens (including phenoxy) is 1. The van der Waals surface area contributed by atoms with Crippen LogP contribution < -0.4 is 5.32 Å². The van der Waals surface area contributed by atoms with Crippen molar-refractivity contribution in [1.82, 2.24) is 9.88 Å². The summed E-state index contributed by atoms with van der Waals surface area (Å²) in [6.07, 6.45) is 5.53. The highest BCUT2D eigenvalue weighted by molar-refractivity contribution is 9.10. The van der Waals surface area contributed by atoms with Crippen LogP contribution in [-0.2, 0) is 4.74 Å². The van der Waals surface area contributed by atoms with Crippen LogP contribution in [0.4, 0.5) is 5.69 Å². The Hall–Kier alpha value is -1.17. The molecule has 4 nitrogen and oxygen atoms in total. The Labute approximate surface area is 151 Å². The fourth-order valence-corrected chi connectivity index (χ4v) is 4.17. The van der Waals surface area contributed by atoms with Gasteiger partial charge in [-0.15, -0.1) is 0 Å². The Kier molecular flexibility index (Phi) is 5.01. The maximum absolute atomic E-state index is 5.50. The first-order valence-corrected chi connectivity index (χ1v) is 9.68. The van der Waals surface area contributed by atoms with Crippen LogP contribution >= 0.6 is 15.9 Å². The molecule has 0 aliphatic carbocycles. The largest absolute Gasteiger partial charge is 0.382 e. The predicted molar refractivity (Wildman–Crippen MR) is 101 cm³/mol. The van der Waals surface area contributed by atoms with Crippen molar-refractivity contribution in [3.63, 3.8) is 0 Å². The normalized spacial score (nSPS) is 23.0. The first kappa shape index (κ1) is 16.3. The number of hydrogen-bond donors (Lipinski definition) is 1. The molecule has 0 saturated carbocycles. The average Bonchev–Trinajstić information content (AvgIpc) is 3.09. The van der Waals surface area contributed by atoms with Crippen LogP contribution in [0.25, 0.3) is 10.9 Å². The summed E-state index contributed by atoms with van der Waals surface area (Å²) < 4.78 is 6.57. The molecule has 3 heterocycles. The molecule has 2 fully saturated rings. The van der Waals surface area contributed by atoms with Gasteiger partial charge in [0.15, 0.2) is 0 Å². The third-order valence-electron chi connectivity index (χ3n) is 5.19. The lowest BCUT2D eigenvalue weighted by Crippen LogP contribution is -2.41. The minimum Gasteiger partial charge on any atom is -0.382 e. The molecule has 24 heavy (non-hydrogen) atoms. The number of pyridine rings is 1. The Morgan fingerprint density at radius 2 is 2.08 bits per heavy atom. The third-order valence-corrected chi connectivity index (χ3v) is 5.69. The van der Waals surface area contributed by atoms with E-state index >= 15 is 0 Å². The van der Waals surface area contributed by atoms with Gasteiger partial charge in [0, 0.05) is 54.0 Å². The van der Waals surface area contributed by atoms with Gasteiger partial charge in [0.25, 0.3) is 0 Å². The quantitative estimate of drug-likeness (QED) is 0.859. The molecule has 128 valence electrons. The molecule has 0 bridgehead atoms. The number of aromatic nitrogens is 1. The van der Waals surface area contributed by atoms with E-state index in [1.54, 1.807) is 0 Å². The van der Waals surface area contributed by atoms with Crippen molar-refractivity contribution in [3.05, 3.63) is 34.9 Å². The second-order valence-corrected chi connectivity index (χ2v) is 7.88. The van der Waals surface area contributed by atoms with Crippen molar-refractivity contribution in [2.24, 2.45) is 5.92 Å². The zero-order chi connectivity index (χ0) is 16.4. The molecular formula is C19H24BrN3O. The standard InChI is InChI=1S/C19H24BrN3O/c20-15-1-2-17-18(3-7-21-19(17)11-15)22-16-4-8-23(9-5-16)12-14-6-10-24-13-14/h1-3,7,11,14,16H,4-6,8-10,12-13H2,(H,21,22). The van der Waals surface area contributed by atoms with Crippen LogP contribution in [0.2, 0.25) is 0 Å². The third kappa shape index (κ3) is 3.73. The molecule has 1 unspecified atom stereocenters. The molecule has 2 aliphatic heterocycles. The van der Waals surface area contributed by atoms with Crippen LogP contribution in [0.5, 0.6) is 0 Å². The molecule has 2 aromatic rings. The fourth-order valence-electron chi connectivity index (χ4n) is 3.82. The number of fused-ring (bicyclic) bond motifs is 1. The molecule has 5 heteroatoms. The second-order valence-electron chi connectivity index (χ2n) is 6.97. The summed E-state index contributed by atoms with van der Waals surface area (Å²) in [5.41, 5.74) is 2.24. The van der Waals surface area contributed by atoms with Crippen LogP contribution in [0.1, 0.15) is 19.3 Å². The zero-order valence-electron chi connectivity index (χ0n) is 13.9. The van der Waals surface area contributed by atoms with Crippen LogP contribution in [0, 0.1) is 5.92 Å². The van der Waals surface area contributed by atoms with E-state index in [9.17, 15) is 0 Å². The minimum atomic E-state index is 0.551. The highest BCUT2D eigenvalue weighted by atomic mass is 79.9. The molecular weight excluding hydrogens is 366 g/mol. The molecule has 2 saturated heterocycles. The van der Waals surface area contributed by atoms with Crippen molar-refractivity contribution in [2.75, 3.05) is 38.2 Å². The van der Waals surface area contributed by atoms with Crippen molar-refractivity contribution in [2.45, 2.75) is 25.3 Å². The van der Waals surface area contributed by atoms with Crippen LogP contribution in [0.15, 0.2) is 34.9 Å². The Morgan fingerprint density at radius 3 is 2.88 bits per heavy atom. The number of hydrogen-bond acceptors (Lipinski definition) is 4. The monoisotopic (exact) mass is 389 g/mol. The number of piperidine rings is 1. The van der Waals surface area contributed by atoms with Crippen molar-refractivity contribution >= 4 is 32.5 Å². The van der Waals surface area contributed by atoms with Gasteiger partial charge in [-0.05, 0) is 49.4 Å². The number of nitrogens with zero attached hydrogens (tertiary/aromatic N) is 2. The summed E-state index contributed by atoms with van der Waals surface area (Å²) in [5, 5.41) is 4.95. The molecule has 1 N–H and O–H groups in total. The van der Waals surface area contributed by atoms with E-state index in [-0.39, 0.29) is 0 Å². The van der Waals surface area contributed by atoms with Gasteiger partial charge in [0.05, 0.1) is 12.1 Å². The van der Waals surface area contributed by atoms with Gasteiger partial charge in [0.2, 0.25) is 0 Å². The van der Waals surface area contributed by atoms with Gasteiger partial charge in [-0.1, -0.05) is 15.9 Å². The van der Waals surface area contributed by atoms with Crippen molar-refractivity contribution in [3.8, 4) is 0 Å². The topological polar surface area (TPSA) is 37.4 Å². The van der Waals surface area contributed by atoms with E-state index in [0.717, 1.165) is 29.1 Å². The van der Waals surface area contributed by atoms with Gasteiger partial charge in [-0.25, -0.2) is 0 Å². The van der Waals surface area contributed by atoms with E-state index in [2.05, 4.69) is 55.4 Å². The number of rotatable bonds is 4. The molecule has 0 amide bonds. The van der Waals surface area contributed by atoms with E-state index in [0.29, 0.717) is 6.04 Å². The van der Waals surface area contributed by atoms with E-state index in [1.165, 1.54) is 50.0 Å². The smallest absolute Gasteiger partial charge is 0.0733 e. The van der Waals surface area contributed by atoms with E-state index in [4.69, 9.17) is 4.74 Å². The summed E-state index contributed by atoms with van der Waals surface area (Å²) in [6.45, 7) is 5.48. The first-order valence-electron chi connectivity index (χ1n) is 8.89. The van der Waals surface area contributed by atoms with Gasteiger partial charge in [0.1, 0.15) is 0 Å². The fraction of sp³-hybridized carbons (Fsp3) is 0.526. The predicted octanol–water partition coefficient (Wildman–Crippen LogP) is 3.91. The van der Waals surface area contributed by atoms with E-state index in [1.807, 2.05) is 6.20 Å². The molecule has 0 radical (unpaired) electrons. The summed E-state index contributed by atoms with van der Waals surface area (Å²) >= 11 is 3.52. The lowest BCUT2D eigenvalue weighted by atomic mass is 10.0. The molecule has 1 aromatic carbocycles. The van der Waals surface area contributed by atoms with Crippen molar-refractivity contribution in [1.29, 1.82) is 0 Å². The Morgan fingerprint density at radius 1 is 1.21 bits per heavy atom. The summed E-state index contributed by atoms with van der Waals surface area (Å²) in [6, 6.07) is 8.95. The van der Waals surface area contributed by atoms with Crippen molar-refractivity contribution < 1.29 is 4.74 Å². The van der Waals surface area contributed by atoms with Crippen LogP contribution in [-0.4, -0.2) is 48.8 Å². The first-order chi connectivity index (χ1) is 11.8. The number of likely N-dealkylation sites (tertiary alicyclic amines) is 1. The molecule has 4 rings (SSSR count). The Bertz CT molecular complexity index is 694. The summed E-state index contributed by atoms with van der Waals surface area (Å²) in [4.78, 5) is 7.09. The van der Waals surface area contributed by atoms with Gasteiger partial charge in [-0.3, -0.25) is 4.98 Å². The summed E-state index contributed by atoms with van der Waals surface area (Å²) in [5.74, 6) is 0.747. The molecule has 2 aliphatic rings. The lowest BCUT2D eigenvalue weighted by molar-refractivity contribution is 0.154. The highest BCUT2D eigenvalue weighted by Crippen LogP contribution is 2.27. The maximum Gasteiger partial charge on any atom is 0.0733 e. The highest BCUT2D eigenvalue weighted by Gasteiger charge is 2.24. The molecule has 1 aromatic heterocycles. The number of nitrogens with one attached hydrogen (secondary N) is 1. The van der Waals surface area contributed by atoms with Gasteiger partial charge < -0.3 is 15.0 Å². The number of anilines is 1. The van der Waals surface area contributed by atoms with Gasteiger partial charge in [-0.2, -0.15) is 0 Å². The average molecular weight is 390 g/mol. The lowest BCUT2D eigenvalue weighted by Gasteiger charge is -2.34. The van der Waals surface area contributed by atoms with E-state index < -0.39 is 0 Å². The second kappa shape index (κ2) is 7.38.